The number of allylic oxidation sites excluding steroid dienone is 1. The van der Waals surface area contributed by atoms with Gasteiger partial charge in [0.2, 0.25) is 0 Å². The van der Waals surface area contributed by atoms with Crippen molar-refractivity contribution in [2.45, 2.75) is 38.6 Å². The highest BCUT2D eigenvalue weighted by molar-refractivity contribution is 6.18. The number of hydrogen-bond donors (Lipinski definition) is 0. The number of piperidine rings is 1. The molecular formula is C26H30FN3O2. The van der Waals surface area contributed by atoms with Crippen LogP contribution in [0.3, 0.4) is 0 Å². The van der Waals surface area contributed by atoms with Gasteiger partial charge in [0.15, 0.2) is 0 Å². The van der Waals surface area contributed by atoms with Gasteiger partial charge in [0, 0.05) is 17.8 Å². The van der Waals surface area contributed by atoms with Gasteiger partial charge in [-0.1, -0.05) is 41.9 Å². The minimum absolute atomic E-state index is 0.106. The molecule has 1 unspecified atom stereocenters. The van der Waals surface area contributed by atoms with E-state index in [-0.39, 0.29) is 17.8 Å². The monoisotopic (exact) mass is 435 g/mol. The highest BCUT2D eigenvalue weighted by Gasteiger charge is 2.43. The predicted molar refractivity (Wildman–Crippen MR) is 125 cm³/mol. The molecule has 0 saturated carbocycles. The summed E-state index contributed by atoms with van der Waals surface area (Å²) in [5, 5.41) is 4.20. The van der Waals surface area contributed by atoms with Gasteiger partial charge in [-0.3, -0.25) is 9.69 Å². The third-order valence-electron chi connectivity index (χ3n) is 5.97. The Kier molecular flexibility index (Phi) is 7.32. The molecule has 2 aliphatic heterocycles. The number of nitrogens with zero attached hydrogens (tertiary/aromatic N) is 3. The normalized spacial score (nSPS) is 21.0. The van der Waals surface area contributed by atoms with E-state index in [0.29, 0.717) is 23.6 Å². The number of amides is 1. The second-order valence-electron chi connectivity index (χ2n) is 8.39. The summed E-state index contributed by atoms with van der Waals surface area (Å²) in [6.07, 6.45) is 6.66. The van der Waals surface area contributed by atoms with Gasteiger partial charge in [0.1, 0.15) is 12.4 Å². The Balaban J connectivity index is 1.41. The fourth-order valence-corrected chi connectivity index (χ4v) is 4.35. The highest BCUT2D eigenvalue weighted by atomic mass is 19.1. The molecule has 5 nitrogen and oxygen atoms in total. The van der Waals surface area contributed by atoms with E-state index in [1.807, 2.05) is 37.3 Å². The van der Waals surface area contributed by atoms with Crippen molar-refractivity contribution in [3.63, 3.8) is 0 Å². The molecule has 1 amide bonds. The fourth-order valence-electron chi connectivity index (χ4n) is 4.35. The molecule has 0 aliphatic carbocycles. The summed E-state index contributed by atoms with van der Waals surface area (Å²) < 4.78 is 13.4. The number of carbonyl (C=O) groups excluding carboxylic acids is 1. The number of likely N-dealkylation sites (tertiary alicyclic amines) is 1. The molecule has 4 rings (SSSR count). The molecule has 0 N–H and O–H groups in total. The molecule has 0 aromatic heterocycles. The molecule has 2 aromatic carbocycles. The van der Waals surface area contributed by atoms with Crippen LogP contribution in [0, 0.1) is 5.82 Å². The van der Waals surface area contributed by atoms with Crippen molar-refractivity contribution in [2.75, 3.05) is 31.1 Å². The summed E-state index contributed by atoms with van der Waals surface area (Å²) in [6, 6.07) is 15.6. The molecule has 2 heterocycles. The van der Waals surface area contributed by atoms with Crippen LogP contribution in [0.2, 0.25) is 0 Å². The van der Waals surface area contributed by atoms with E-state index in [1.54, 1.807) is 23.1 Å². The predicted octanol–water partition coefficient (Wildman–Crippen LogP) is 5.11. The third kappa shape index (κ3) is 5.25. The molecule has 0 bridgehead atoms. The maximum Gasteiger partial charge on any atom is 0.257 e. The zero-order valence-corrected chi connectivity index (χ0v) is 18.5. The minimum Gasteiger partial charge on any atom is -0.396 e. The summed E-state index contributed by atoms with van der Waals surface area (Å²) in [6.45, 7) is 5.81. The van der Waals surface area contributed by atoms with Gasteiger partial charge in [-0.25, -0.2) is 4.39 Å². The Morgan fingerprint density at radius 1 is 1.09 bits per heavy atom. The lowest BCUT2D eigenvalue weighted by Crippen LogP contribution is -2.49. The standard InChI is InChI=1S/C26H30FN3O2/c1-20(28-32-18-8-17-29-15-6-3-7-16-29)19-24-25(21-9-4-2-5-10-21)30(26(24)31)23-13-11-22(27)12-14-23/h2,4-5,9-14,19,25H,3,6-8,15-18H2,1H3/b24-19+,28-20?. The molecule has 0 radical (unpaired) electrons. The van der Waals surface area contributed by atoms with Crippen molar-refractivity contribution < 1.29 is 14.0 Å². The summed E-state index contributed by atoms with van der Waals surface area (Å²) in [5.74, 6) is -0.431. The van der Waals surface area contributed by atoms with E-state index < -0.39 is 0 Å². The number of anilines is 1. The third-order valence-corrected chi connectivity index (χ3v) is 5.97. The molecule has 1 atom stereocenters. The largest absolute Gasteiger partial charge is 0.396 e. The average Bonchev–Trinajstić information content (AvgIpc) is 2.83. The van der Waals surface area contributed by atoms with Crippen LogP contribution >= 0.6 is 0 Å². The lowest BCUT2D eigenvalue weighted by Gasteiger charge is -2.43. The smallest absolute Gasteiger partial charge is 0.257 e. The van der Waals surface area contributed by atoms with Crippen molar-refractivity contribution >= 4 is 17.3 Å². The van der Waals surface area contributed by atoms with Crippen LogP contribution in [0.1, 0.15) is 44.2 Å². The summed E-state index contributed by atoms with van der Waals surface area (Å²) in [4.78, 5) is 22.7. The molecule has 168 valence electrons. The van der Waals surface area contributed by atoms with E-state index in [2.05, 4.69) is 10.1 Å². The zero-order chi connectivity index (χ0) is 22.3. The number of oxime groups is 1. The molecular weight excluding hydrogens is 405 g/mol. The SMILES string of the molecule is CC(/C=C1/C(=O)N(c2ccc(F)cc2)C1c1ccccc1)=NOCCCN1CCCCC1. The Bertz CT molecular complexity index is 966. The molecule has 32 heavy (non-hydrogen) atoms. The first kappa shape index (κ1) is 22.2. The number of hydrogen-bond acceptors (Lipinski definition) is 4. The molecule has 2 aromatic rings. The van der Waals surface area contributed by atoms with Crippen molar-refractivity contribution in [1.82, 2.24) is 4.90 Å². The van der Waals surface area contributed by atoms with Gasteiger partial charge in [-0.2, -0.15) is 0 Å². The topological polar surface area (TPSA) is 45.1 Å². The van der Waals surface area contributed by atoms with E-state index in [1.165, 1.54) is 44.5 Å². The number of benzene rings is 2. The van der Waals surface area contributed by atoms with Crippen LogP contribution < -0.4 is 4.90 Å². The number of carbonyl (C=O) groups is 1. The quantitative estimate of drug-likeness (QED) is 0.190. The van der Waals surface area contributed by atoms with Gasteiger partial charge in [0.25, 0.3) is 5.91 Å². The van der Waals surface area contributed by atoms with E-state index in [0.717, 1.165) is 18.5 Å². The summed E-state index contributed by atoms with van der Waals surface area (Å²) in [7, 11) is 0. The van der Waals surface area contributed by atoms with Gasteiger partial charge in [0.05, 0.1) is 11.8 Å². The molecule has 6 heteroatoms. The van der Waals surface area contributed by atoms with Gasteiger partial charge in [-0.15, -0.1) is 0 Å². The lowest BCUT2D eigenvalue weighted by molar-refractivity contribution is -0.119. The van der Waals surface area contributed by atoms with E-state index in [4.69, 9.17) is 4.84 Å². The number of rotatable bonds is 8. The fraction of sp³-hybridized carbons (Fsp3) is 0.385. The van der Waals surface area contributed by atoms with Crippen LogP contribution in [-0.4, -0.2) is 42.8 Å². The van der Waals surface area contributed by atoms with Crippen LogP contribution in [0.15, 0.2) is 71.4 Å². The Hall–Kier alpha value is -2.99. The van der Waals surface area contributed by atoms with Crippen LogP contribution in [-0.2, 0) is 9.63 Å². The number of halogens is 1. The van der Waals surface area contributed by atoms with Crippen LogP contribution in [0.25, 0.3) is 0 Å². The summed E-state index contributed by atoms with van der Waals surface area (Å²) in [5.41, 5.74) is 2.98. The number of β-lactam (4-membered cyclic amide) rings is 1. The van der Waals surface area contributed by atoms with E-state index >= 15 is 0 Å². The first-order chi connectivity index (χ1) is 15.6. The van der Waals surface area contributed by atoms with Crippen molar-refractivity contribution in [2.24, 2.45) is 5.16 Å². The maximum absolute atomic E-state index is 13.4. The first-order valence-corrected chi connectivity index (χ1v) is 11.4. The Morgan fingerprint density at radius 2 is 1.81 bits per heavy atom. The van der Waals surface area contributed by atoms with Gasteiger partial charge >= 0.3 is 0 Å². The van der Waals surface area contributed by atoms with Crippen molar-refractivity contribution in [3.8, 4) is 0 Å². The molecule has 2 aliphatic rings. The first-order valence-electron chi connectivity index (χ1n) is 11.4. The molecule has 0 spiro atoms. The maximum atomic E-state index is 13.4. The van der Waals surface area contributed by atoms with Crippen LogP contribution in [0.5, 0.6) is 0 Å². The lowest BCUT2D eigenvalue weighted by atomic mass is 9.86. The van der Waals surface area contributed by atoms with Crippen molar-refractivity contribution in [1.29, 1.82) is 0 Å². The van der Waals surface area contributed by atoms with Gasteiger partial charge < -0.3 is 9.74 Å². The van der Waals surface area contributed by atoms with Crippen LogP contribution in [0.4, 0.5) is 10.1 Å². The Labute approximate surface area is 189 Å². The summed E-state index contributed by atoms with van der Waals surface area (Å²) >= 11 is 0. The molecule has 2 fully saturated rings. The second kappa shape index (κ2) is 10.6. The minimum atomic E-state index is -0.325. The van der Waals surface area contributed by atoms with E-state index in [9.17, 15) is 9.18 Å². The Morgan fingerprint density at radius 3 is 2.53 bits per heavy atom. The second-order valence-corrected chi connectivity index (χ2v) is 8.39. The van der Waals surface area contributed by atoms with Gasteiger partial charge in [-0.05, 0) is 75.2 Å². The van der Waals surface area contributed by atoms with Crippen molar-refractivity contribution in [3.05, 3.63) is 77.6 Å². The zero-order valence-electron chi connectivity index (χ0n) is 18.5. The highest BCUT2D eigenvalue weighted by Crippen LogP contribution is 2.43. The average molecular weight is 436 g/mol. The molecule has 2 saturated heterocycles.